The molecule has 7 heteroatoms. The van der Waals surface area contributed by atoms with Crippen molar-refractivity contribution in [2.45, 2.75) is 19.6 Å². The molecule has 0 heterocycles. The first-order valence-corrected chi connectivity index (χ1v) is 8.68. The zero-order chi connectivity index (χ0) is 20.5. The fourth-order valence-electron chi connectivity index (χ4n) is 2.50. The summed E-state index contributed by atoms with van der Waals surface area (Å²) >= 11 is 0. The number of nitrogens with zero attached hydrogens (tertiary/aromatic N) is 1. The molecule has 0 aliphatic heterocycles. The van der Waals surface area contributed by atoms with Gasteiger partial charge in [0.05, 0.1) is 20.8 Å². The third-order valence-electron chi connectivity index (χ3n) is 3.93. The van der Waals surface area contributed by atoms with E-state index in [1.165, 1.54) is 0 Å². The fraction of sp³-hybridized carbons (Fsp3) is 0.286. The van der Waals surface area contributed by atoms with Gasteiger partial charge in [-0.05, 0) is 36.2 Å². The number of primary amides is 1. The minimum absolute atomic E-state index is 0.00619. The van der Waals surface area contributed by atoms with E-state index in [0.29, 0.717) is 23.2 Å². The third-order valence-corrected chi connectivity index (χ3v) is 3.93. The maximum absolute atomic E-state index is 10.9. The Bertz CT molecular complexity index is 855. The van der Waals surface area contributed by atoms with Crippen LogP contribution in [0.4, 0.5) is 4.79 Å². The highest BCUT2D eigenvalue weighted by Crippen LogP contribution is 2.27. The second-order valence-electron chi connectivity index (χ2n) is 5.81. The van der Waals surface area contributed by atoms with Gasteiger partial charge >= 0.3 is 6.03 Å². The van der Waals surface area contributed by atoms with Crippen molar-refractivity contribution in [1.82, 2.24) is 5.06 Å². The summed E-state index contributed by atoms with van der Waals surface area (Å²) in [5, 5.41) is 9.88. The van der Waals surface area contributed by atoms with Crippen LogP contribution in [0.5, 0.6) is 11.5 Å². The molecule has 0 spiro atoms. The van der Waals surface area contributed by atoms with Gasteiger partial charge in [0.2, 0.25) is 0 Å². The first kappa shape index (κ1) is 21.1. The van der Waals surface area contributed by atoms with E-state index in [-0.39, 0.29) is 6.54 Å². The van der Waals surface area contributed by atoms with Crippen LogP contribution in [0, 0.1) is 11.8 Å². The summed E-state index contributed by atoms with van der Waals surface area (Å²) < 4.78 is 16.3. The van der Waals surface area contributed by atoms with Gasteiger partial charge in [-0.25, -0.2) is 9.86 Å². The Labute approximate surface area is 164 Å². The van der Waals surface area contributed by atoms with E-state index < -0.39 is 12.1 Å². The molecule has 0 bridgehead atoms. The molecule has 7 nitrogen and oxygen atoms in total. The number of rotatable bonds is 7. The highest BCUT2D eigenvalue weighted by Gasteiger charge is 2.11. The first-order chi connectivity index (χ1) is 13.5. The van der Waals surface area contributed by atoms with E-state index in [2.05, 4.69) is 11.8 Å². The third kappa shape index (κ3) is 5.64. The van der Waals surface area contributed by atoms with Crippen LogP contribution >= 0.6 is 0 Å². The topological polar surface area (TPSA) is 94.2 Å². The molecule has 1 unspecified atom stereocenters. The van der Waals surface area contributed by atoms with E-state index in [0.717, 1.165) is 16.7 Å². The predicted octanol–water partition coefficient (Wildman–Crippen LogP) is 3.10. The Hall–Kier alpha value is -3.21. The molecule has 0 saturated heterocycles. The van der Waals surface area contributed by atoms with Crippen molar-refractivity contribution >= 4 is 6.03 Å². The maximum atomic E-state index is 10.9. The number of methoxy groups -OCH3 is 2. The number of hydrogen-bond acceptors (Lipinski definition) is 5. The van der Waals surface area contributed by atoms with Crippen LogP contribution in [0.1, 0.15) is 29.7 Å². The van der Waals surface area contributed by atoms with Crippen LogP contribution in [0.15, 0.2) is 42.5 Å². The lowest BCUT2D eigenvalue weighted by molar-refractivity contribution is -0.0470. The van der Waals surface area contributed by atoms with Gasteiger partial charge in [0.15, 0.2) is 11.5 Å². The number of urea groups is 1. The van der Waals surface area contributed by atoms with Gasteiger partial charge in [-0.2, -0.15) is 0 Å². The average Bonchev–Trinajstić information content (AvgIpc) is 2.71. The molecular formula is C21H24N2O5. The van der Waals surface area contributed by atoms with Gasteiger partial charge in [-0.15, -0.1) is 0 Å². The monoisotopic (exact) mass is 384 g/mol. The van der Waals surface area contributed by atoms with Crippen molar-refractivity contribution in [2.24, 2.45) is 5.73 Å². The quantitative estimate of drug-likeness (QED) is 0.435. The lowest BCUT2D eigenvalue weighted by Gasteiger charge is -2.14. The van der Waals surface area contributed by atoms with Crippen LogP contribution < -0.4 is 15.2 Å². The van der Waals surface area contributed by atoms with Gasteiger partial charge in [0, 0.05) is 12.2 Å². The molecule has 3 N–H and O–H groups in total. The number of carbonyl (C=O) groups excluding carboxylic acids is 1. The number of hydroxylamine groups is 2. The Morgan fingerprint density at radius 3 is 2.39 bits per heavy atom. The van der Waals surface area contributed by atoms with Crippen molar-refractivity contribution in [3.63, 3.8) is 0 Å². The zero-order valence-corrected chi connectivity index (χ0v) is 16.1. The smallest absolute Gasteiger partial charge is 0.338 e. The van der Waals surface area contributed by atoms with Crippen molar-refractivity contribution in [3.05, 3.63) is 59.2 Å². The highest BCUT2D eigenvalue weighted by molar-refractivity contribution is 5.70. The molecule has 2 aromatic carbocycles. The van der Waals surface area contributed by atoms with Crippen molar-refractivity contribution < 1.29 is 24.2 Å². The summed E-state index contributed by atoms with van der Waals surface area (Å²) in [6.45, 7) is 2.40. The standard InChI is InChI=1S/C21H24N2O5/c1-4-28-18(11-7-15-8-12-19(26-2)20(13-15)27-3)17-9-5-16(6-10-17)14-23(25)21(22)24/h5-6,8-10,12-13,18,25H,4,14H2,1-3H3,(H2,22,24). The second kappa shape index (κ2) is 10.2. The van der Waals surface area contributed by atoms with Crippen LogP contribution in [0.3, 0.4) is 0 Å². The van der Waals surface area contributed by atoms with Crippen molar-refractivity contribution in [2.75, 3.05) is 20.8 Å². The number of nitrogens with two attached hydrogens (primary N) is 1. The average molecular weight is 384 g/mol. The number of amides is 2. The summed E-state index contributed by atoms with van der Waals surface area (Å²) in [4.78, 5) is 10.9. The largest absolute Gasteiger partial charge is 0.493 e. The highest BCUT2D eigenvalue weighted by atomic mass is 16.5. The SMILES string of the molecule is CCOC(C#Cc1ccc(OC)c(OC)c1)c1ccc(CN(O)C(N)=O)cc1. The lowest BCUT2D eigenvalue weighted by atomic mass is 10.1. The first-order valence-electron chi connectivity index (χ1n) is 8.68. The summed E-state index contributed by atoms with van der Waals surface area (Å²) in [6.07, 6.45) is -0.423. The molecule has 0 aliphatic rings. The van der Waals surface area contributed by atoms with Gasteiger partial charge in [-0.1, -0.05) is 36.1 Å². The van der Waals surface area contributed by atoms with Crippen molar-refractivity contribution in [1.29, 1.82) is 0 Å². The van der Waals surface area contributed by atoms with Gasteiger partial charge < -0.3 is 19.9 Å². The van der Waals surface area contributed by atoms with Crippen LogP contribution in [0.25, 0.3) is 0 Å². The number of hydrogen-bond donors (Lipinski definition) is 2. The summed E-state index contributed by atoms with van der Waals surface area (Å²) in [5.74, 6) is 7.46. The number of benzene rings is 2. The summed E-state index contributed by atoms with van der Waals surface area (Å²) in [6, 6.07) is 11.8. The fourth-order valence-corrected chi connectivity index (χ4v) is 2.50. The maximum Gasteiger partial charge on any atom is 0.338 e. The molecular weight excluding hydrogens is 360 g/mol. The van der Waals surface area contributed by atoms with E-state index in [1.807, 2.05) is 25.1 Å². The Morgan fingerprint density at radius 1 is 1.14 bits per heavy atom. The predicted molar refractivity (Wildman–Crippen MR) is 104 cm³/mol. The molecule has 1 atom stereocenters. The molecule has 28 heavy (non-hydrogen) atoms. The lowest BCUT2D eigenvalue weighted by Crippen LogP contribution is -2.31. The molecule has 0 radical (unpaired) electrons. The Morgan fingerprint density at radius 2 is 1.82 bits per heavy atom. The molecule has 0 fully saturated rings. The second-order valence-corrected chi connectivity index (χ2v) is 5.81. The molecule has 2 rings (SSSR count). The Balaban J connectivity index is 2.20. The van der Waals surface area contributed by atoms with E-state index in [9.17, 15) is 10.0 Å². The van der Waals surface area contributed by atoms with Crippen LogP contribution in [-0.2, 0) is 11.3 Å². The molecule has 0 aliphatic carbocycles. The molecule has 148 valence electrons. The van der Waals surface area contributed by atoms with E-state index in [1.54, 1.807) is 38.5 Å². The zero-order valence-electron chi connectivity index (χ0n) is 16.1. The summed E-state index contributed by atoms with van der Waals surface area (Å²) in [7, 11) is 3.16. The minimum Gasteiger partial charge on any atom is -0.493 e. The van der Waals surface area contributed by atoms with E-state index >= 15 is 0 Å². The van der Waals surface area contributed by atoms with Crippen LogP contribution in [0.2, 0.25) is 0 Å². The van der Waals surface area contributed by atoms with Gasteiger partial charge in [-0.3, -0.25) is 5.21 Å². The molecule has 0 saturated carbocycles. The van der Waals surface area contributed by atoms with Gasteiger partial charge in [0.1, 0.15) is 6.10 Å². The summed E-state index contributed by atoms with van der Waals surface area (Å²) in [5.41, 5.74) is 7.38. The van der Waals surface area contributed by atoms with Gasteiger partial charge in [0.25, 0.3) is 0 Å². The molecule has 2 aromatic rings. The van der Waals surface area contributed by atoms with Crippen LogP contribution in [-0.4, -0.2) is 37.1 Å². The number of ether oxygens (including phenoxy) is 3. The minimum atomic E-state index is -0.906. The van der Waals surface area contributed by atoms with E-state index in [4.69, 9.17) is 19.9 Å². The molecule has 0 aromatic heterocycles. The Kier molecular flexibility index (Phi) is 7.69. The molecule has 2 amide bonds. The normalized spacial score (nSPS) is 11.1. The number of carbonyl (C=O) groups is 1. The van der Waals surface area contributed by atoms with Crippen molar-refractivity contribution in [3.8, 4) is 23.3 Å².